The van der Waals surface area contributed by atoms with E-state index in [1.165, 1.54) is 19.3 Å². The molecule has 1 fully saturated rings. The van der Waals surface area contributed by atoms with Crippen molar-refractivity contribution in [2.75, 3.05) is 6.54 Å². The number of hydrogen-bond donors (Lipinski definition) is 1. The highest BCUT2D eigenvalue weighted by molar-refractivity contribution is 7.13. The van der Waals surface area contributed by atoms with Crippen LogP contribution in [0.4, 0.5) is 0 Å². The molecule has 5 heteroatoms. The number of thiazole rings is 1. The van der Waals surface area contributed by atoms with Gasteiger partial charge in [-0.2, -0.15) is 0 Å². The van der Waals surface area contributed by atoms with E-state index in [0.29, 0.717) is 6.04 Å². The van der Waals surface area contributed by atoms with Gasteiger partial charge in [0.05, 0.1) is 11.4 Å². The highest BCUT2D eigenvalue weighted by Crippen LogP contribution is 2.25. The molecule has 1 aliphatic heterocycles. The second-order valence-electron chi connectivity index (χ2n) is 5.75. The van der Waals surface area contributed by atoms with E-state index in [-0.39, 0.29) is 6.04 Å². The number of piperidine rings is 1. The minimum absolute atomic E-state index is 0.221. The number of aromatic nitrogens is 2. The maximum Gasteiger partial charge on any atom is 0.142 e. The smallest absolute Gasteiger partial charge is 0.142 e. The number of hydrogen-bond acceptors (Lipinski definition) is 5. The molecule has 0 amide bonds. The van der Waals surface area contributed by atoms with Crippen molar-refractivity contribution in [2.45, 2.75) is 44.8 Å². The molecule has 0 radical (unpaired) electrons. The summed E-state index contributed by atoms with van der Waals surface area (Å²) in [6, 6.07) is 6.64. The normalized spacial score (nSPS) is 21.3. The van der Waals surface area contributed by atoms with Crippen LogP contribution in [0.3, 0.4) is 0 Å². The average molecular weight is 302 g/mol. The number of rotatable bonds is 4. The summed E-state index contributed by atoms with van der Waals surface area (Å²) in [6.07, 6.45) is 5.57. The van der Waals surface area contributed by atoms with Crippen LogP contribution in [-0.2, 0) is 6.54 Å². The molecule has 4 nitrogen and oxygen atoms in total. The second kappa shape index (κ2) is 6.64. The van der Waals surface area contributed by atoms with E-state index in [9.17, 15) is 0 Å². The molecule has 0 bridgehead atoms. The zero-order chi connectivity index (χ0) is 14.7. The first-order chi connectivity index (χ1) is 10.2. The lowest BCUT2D eigenvalue weighted by Gasteiger charge is -2.37. The average Bonchev–Trinajstić information content (AvgIpc) is 2.97. The molecular weight excluding hydrogens is 280 g/mol. The molecule has 21 heavy (non-hydrogen) atoms. The molecular formula is C16H22N4S. The Morgan fingerprint density at radius 2 is 2.33 bits per heavy atom. The predicted molar refractivity (Wildman–Crippen MR) is 87.0 cm³/mol. The number of pyridine rings is 1. The third-order valence-electron chi connectivity index (χ3n) is 4.07. The van der Waals surface area contributed by atoms with Crippen molar-refractivity contribution in [1.29, 1.82) is 0 Å². The van der Waals surface area contributed by atoms with Crippen LogP contribution in [-0.4, -0.2) is 33.5 Å². The van der Waals surface area contributed by atoms with Gasteiger partial charge in [0.1, 0.15) is 5.01 Å². The van der Waals surface area contributed by atoms with E-state index in [0.717, 1.165) is 29.5 Å². The van der Waals surface area contributed by atoms with E-state index in [4.69, 9.17) is 10.7 Å². The Morgan fingerprint density at radius 3 is 3.10 bits per heavy atom. The molecule has 2 atom stereocenters. The molecule has 1 saturated heterocycles. The minimum Gasteiger partial charge on any atom is -0.327 e. The summed E-state index contributed by atoms with van der Waals surface area (Å²) in [4.78, 5) is 11.6. The first-order valence-electron chi connectivity index (χ1n) is 7.59. The largest absolute Gasteiger partial charge is 0.327 e. The van der Waals surface area contributed by atoms with E-state index in [1.54, 1.807) is 11.3 Å². The monoisotopic (exact) mass is 302 g/mol. The first-order valence-corrected chi connectivity index (χ1v) is 8.47. The van der Waals surface area contributed by atoms with Gasteiger partial charge in [-0.05, 0) is 38.4 Å². The summed E-state index contributed by atoms with van der Waals surface area (Å²) in [7, 11) is 0. The highest BCUT2D eigenvalue weighted by atomic mass is 32.1. The topological polar surface area (TPSA) is 55.0 Å². The Bertz CT molecular complexity index is 567. The van der Waals surface area contributed by atoms with Gasteiger partial charge in [0.15, 0.2) is 0 Å². The Kier molecular flexibility index (Phi) is 4.63. The lowest BCUT2D eigenvalue weighted by molar-refractivity contribution is 0.122. The Hall–Kier alpha value is -1.30. The van der Waals surface area contributed by atoms with Crippen LogP contribution in [0.2, 0.25) is 0 Å². The summed E-state index contributed by atoms with van der Waals surface area (Å²) in [5.41, 5.74) is 8.23. The molecule has 2 N–H and O–H groups in total. The Labute approximate surface area is 130 Å². The molecule has 112 valence electrons. The molecule has 3 rings (SSSR count). The van der Waals surface area contributed by atoms with Crippen LogP contribution in [0.1, 0.15) is 31.9 Å². The fourth-order valence-electron chi connectivity index (χ4n) is 3.00. The van der Waals surface area contributed by atoms with Crippen molar-refractivity contribution >= 4 is 11.3 Å². The van der Waals surface area contributed by atoms with Crippen LogP contribution in [0.15, 0.2) is 29.8 Å². The van der Waals surface area contributed by atoms with Crippen molar-refractivity contribution in [3.8, 4) is 10.7 Å². The lowest BCUT2D eigenvalue weighted by Crippen LogP contribution is -2.48. The van der Waals surface area contributed by atoms with Gasteiger partial charge in [-0.15, -0.1) is 11.3 Å². The fraction of sp³-hybridized carbons (Fsp3) is 0.500. The molecule has 0 aromatic carbocycles. The Morgan fingerprint density at radius 1 is 1.43 bits per heavy atom. The van der Waals surface area contributed by atoms with Crippen molar-refractivity contribution in [3.05, 3.63) is 35.5 Å². The zero-order valence-corrected chi connectivity index (χ0v) is 13.2. The molecule has 0 aliphatic carbocycles. The molecule has 0 spiro atoms. The summed E-state index contributed by atoms with van der Waals surface area (Å²) in [6.45, 7) is 4.14. The van der Waals surface area contributed by atoms with Crippen LogP contribution < -0.4 is 5.73 Å². The molecule has 2 aromatic heterocycles. The molecule has 0 saturated carbocycles. The minimum atomic E-state index is 0.221. The van der Waals surface area contributed by atoms with Gasteiger partial charge in [0.25, 0.3) is 0 Å². The molecule has 1 aliphatic rings. The van der Waals surface area contributed by atoms with Crippen LogP contribution >= 0.6 is 11.3 Å². The maximum absolute atomic E-state index is 6.14. The molecule has 2 unspecified atom stereocenters. The van der Waals surface area contributed by atoms with Gasteiger partial charge >= 0.3 is 0 Å². The van der Waals surface area contributed by atoms with Crippen LogP contribution in [0.5, 0.6) is 0 Å². The zero-order valence-electron chi connectivity index (χ0n) is 12.4. The molecule has 2 aromatic rings. The van der Waals surface area contributed by atoms with Crippen molar-refractivity contribution < 1.29 is 0 Å². The molecule has 3 heterocycles. The van der Waals surface area contributed by atoms with E-state index >= 15 is 0 Å². The van der Waals surface area contributed by atoms with E-state index < -0.39 is 0 Å². The highest BCUT2D eigenvalue weighted by Gasteiger charge is 2.25. The summed E-state index contributed by atoms with van der Waals surface area (Å²) >= 11 is 1.67. The second-order valence-corrected chi connectivity index (χ2v) is 6.61. The standard InChI is InChI=1S/C16H22N4S/c1-12(17)15-7-3-5-9-20(15)10-13-11-21-16(19-13)14-6-2-4-8-18-14/h2,4,6,8,11-12,15H,3,5,7,9-10,17H2,1H3. The van der Waals surface area contributed by atoms with Gasteiger partial charge in [-0.1, -0.05) is 12.5 Å². The fourth-order valence-corrected chi connectivity index (χ4v) is 3.79. The van der Waals surface area contributed by atoms with E-state index in [1.807, 2.05) is 24.4 Å². The summed E-state index contributed by atoms with van der Waals surface area (Å²) in [5, 5.41) is 3.15. The number of nitrogens with zero attached hydrogens (tertiary/aromatic N) is 3. The van der Waals surface area contributed by atoms with Crippen molar-refractivity contribution in [2.24, 2.45) is 5.73 Å². The van der Waals surface area contributed by atoms with Crippen LogP contribution in [0, 0.1) is 0 Å². The van der Waals surface area contributed by atoms with E-state index in [2.05, 4.69) is 22.2 Å². The Balaban J connectivity index is 1.72. The number of likely N-dealkylation sites (tertiary alicyclic amines) is 1. The van der Waals surface area contributed by atoms with Gasteiger partial charge in [0.2, 0.25) is 0 Å². The van der Waals surface area contributed by atoms with Gasteiger partial charge in [-0.3, -0.25) is 9.88 Å². The van der Waals surface area contributed by atoms with Gasteiger partial charge in [-0.25, -0.2) is 4.98 Å². The van der Waals surface area contributed by atoms with Gasteiger partial charge < -0.3 is 5.73 Å². The van der Waals surface area contributed by atoms with Crippen LogP contribution in [0.25, 0.3) is 10.7 Å². The summed E-state index contributed by atoms with van der Waals surface area (Å²) in [5.74, 6) is 0. The third-order valence-corrected chi connectivity index (χ3v) is 4.99. The maximum atomic E-state index is 6.14. The SMILES string of the molecule is CC(N)C1CCCCN1Cc1csc(-c2ccccn2)n1. The van der Waals surface area contributed by atoms with Crippen molar-refractivity contribution in [3.63, 3.8) is 0 Å². The quantitative estimate of drug-likeness (QED) is 0.943. The third kappa shape index (κ3) is 3.48. The lowest BCUT2D eigenvalue weighted by atomic mass is 9.97. The summed E-state index contributed by atoms with van der Waals surface area (Å²) < 4.78 is 0. The number of nitrogens with two attached hydrogens (primary N) is 1. The van der Waals surface area contributed by atoms with Gasteiger partial charge in [0, 0.05) is 30.2 Å². The van der Waals surface area contributed by atoms with Crippen molar-refractivity contribution in [1.82, 2.24) is 14.9 Å². The first kappa shape index (κ1) is 14.6. The predicted octanol–water partition coefficient (Wildman–Crippen LogP) is 2.91.